The first-order chi connectivity index (χ1) is 9.77. The number of rotatable bonds is 3. The molecule has 1 fully saturated rings. The van der Waals surface area contributed by atoms with E-state index in [4.69, 9.17) is 11.6 Å². The summed E-state index contributed by atoms with van der Waals surface area (Å²) in [4.78, 5) is 0. The summed E-state index contributed by atoms with van der Waals surface area (Å²) >= 11 is 5.63. The molecule has 0 bridgehead atoms. The van der Waals surface area contributed by atoms with E-state index < -0.39 is 11.7 Å². The second kappa shape index (κ2) is 6.47. The van der Waals surface area contributed by atoms with E-state index in [1.165, 1.54) is 6.07 Å². The van der Waals surface area contributed by atoms with Crippen LogP contribution < -0.4 is 5.32 Å². The summed E-state index contributed by atoms with van der Waals surface area (Å²) in [7, 11) is 0. The van der Waals surface area contributed by atoms with Crippen molar-refractivity contribution in [1.29, 1.82) is 0 Å². The van der Waals surface area contributed by atoms with Gasteiger partial charge in [-0.1, -0.05) is 25.4 Å². The highest BCUT2D eigenvalue weighted by Gasteiger charge is 2.33. The van der Waals surface area contributed by atoms with Gasteiger partial charge in [-0.25, -0.2) is 0 Å². The number of anilines is 1. The summed E-state index contributed by atoms with van der Waals surface area (Å²) in [6.07, 6.45) is -0.131. The maximum Gasteiger partial charge on any atom is 0.417 e. The average Bonchev–Trinajstić information content (AvgIpc) is 2.40. The zero-order valence-corrected chi connectivity index (χ0v) is 13.1. The number of hydrogen-bond acceptors (Lipinski definition) is 1. The van der Waals surface area contributed by atoms with Crippen LogP contribution in [0.2, 0.25) is 5.02 Å². The van der Waals surface area contributed by atoms with Crippen molar-refractivity contribution in [1.82, 2.24) is 0 Å². The van der Waals surface area contributed by atoms with Crippen molar-refractivity contribution in [3.05, 3.63) is 28.8 Å². The van der Waals surface area contributed by atoms with Gasteiger partial charge < -0.3 is 5.32 Å². The lowest BCUT2D eigenvalue weighted by molar-refractivity contribution is -0.137. The van der Waals surface area contributed by atoms with E-state index in [1.54, 1.807) is 6.07 Å². The van der Waals surface area contributed by atoms with Gasteiger partial charge in [-0.2, -0.15) is 13.2 Å². The van der Waals surface area contributed by atoms with E-state index in [1.807, 2.05) is 0 Å². The summed E-state index contributed by atoms with van der Waals surface area (Å²) in [6, 6.07) is 4.29. The van der Waals surface area contributed by atoms with Gasteiger partial charge in [-0.3, -0.25) is 0 Å². The SMILES string of the molecule is CC(C)C1CCC(Nc2ccc(Cl)c(C(F)(F)F)c2)CC1. The highest BCUT2D eigenvalue weighted by atomic mass is 35.5. The standard InChI is InChI=1S/C16H21ClF3N/c1-10(2)11-3-5-12(6-4-11)21-13-7-8-15(17)14(9-13)16(18,19)20/h7-12,21H,3-6H2,1-2H3. The minimum atomic E-state index is -4.41. The fourth-order valence-corrected chi connectivity index (χ4v) is 3.22. The van der Waals surface area contributed by atoms with Gasteiger partial charge in [0.05, 0.1) is 10.6 Å². The van der Waals surface area contributed by atoms with Crippen LogP contribution in [0.3, 0.4) is 0 Å². The molecular weight excluding hydrogens is 299 g/mol. The fourth-order valence-electron chi connectivity index (χ4n) is 3.00. The number of alkyl halides is 3. The molecule has 2 rings (SSSR count). The van der Waals surface area contributed by atoms with Crippen LogP contribution in [0.4, 0.5) is 18.9 Å². The molecule has 0 unspecified atom stereocenters. The quantitative estimate of drug-likeness (QED) is 0.722. The van der Waals surface area contributed by atoms with Crippen molar-refractivity contribution in [2.45, 2.75) is 51.7 Å². The topological polar surface area (TPSA) is 12.0 Å². The van der Waals surface area contributed by atoms with Crippen LogP contribution in [-0.2, 0) is 6.18 Å². The molecule has 1 aromatic carbocycles. The van der Waals surface area contributed by atoms with E-state index >= 15 is 0 Å². The lowest BCUT2D eigenvalue weighted by Crippen LogP contribution is -2.28. The Morgan fingerprint density at radius 1 is 1.14 bits per heavy atom. The Bertz CT molecular complexity index is 477. The molecular formula is C16H21ClF3N. The predicted octanol–water partition coefficient (Wildman–Crippen LogP) is 5.99. The molecule has 1 aliphatic rings. The normalized spacial score (nSPS) is 23.4. The molecule has 0 aliphatic heterocycles. The Hall–Kier alpha value is -0.900. The van der Waals surface area contributed by atoms with E-state index in [-0.39, 0.29) is 11.1 Å². The van der Waals surface area contributed by atoms with Gasteiger partial charge >= 0.3 is 6.18 Å². The summed E-state index contributed by atoms with van der Waals surface area (Å²) in [5, 5.41) is 2.97. The second-order valence-corrected chi connectivity index (χ2v) is 6.60. The lowest BCUT2D eigenvalue weighted by Gasteiger charge is -2.32. The molecule has 0 saturated heterocycles. The van der Waals surface area contributed by atoms with Crippen molar-refractivity contribution >= 4 is 17.3 Å². The first-order valence-electron chi connectivity index (χ1n) is 7.40. The summed E-state index contributed by atoms with van der Waals surface area (Å²) in [5.74, 6) is 1.41. The third kappa shape index (κ3) is 4.29. The molecule has 0 heterocycles. The number of hydrogen-bond donors (Lipinski definition) is 1. The molecule has 0 spiro atoms. The van der Waals surface area contributed by atoms with Gasteiger partial charge in [-0.05, 0) is 55.7 Å². The molecule has 1 saturated carbocycles. The maximum atomic E-state index is 12.8. The van der Waals surface area contributed by atoms with Crippen molar-refractivity contribution in [2.24, 2.45) is 11.8 Å². The van der Waals surface area contributed by atoms with Crippen LogP contribution >= 0.6 is 11.6 Å². The molecule has 0 radical (unpaired) electrons. The van der Waals surface area contributed by atoms with Gasteiger partial charge in [0.15, 0.2) is 0 Å². The van der Waals surface area contributed by atoms with E-state index in [9.17, 15) is 13.2 Å². The van der Waals surface area contributed by atoms with Gasteiger partial charge in [0.2, 0.25) is 0 Å². The first kappa shape index (κ1) is 16.5. The zero-order chi connectivity index (χ0) is 15.6. The highest BCUT2D eigenvalue weighted by Crippen LogP contribution is 2.37. The minimum Gasteiger partial charge on any atom is -0.382 e. The molecule has 118 valence electrons. The molecule has 21 heavy (non-hydrogen) atoms. The first-order valence-corrected chi connectivity index (χ1v) is 7.78. The van der Waals surface area contributed by atoms with Crippen LogP contribution in [0.1, 0.15) is 45.1 Å². The third-order valence-corrected chi connectivity index (χ3v) is 4.69. The monoisotopic (exact) mass is 319 g/mol. The van der Waals surface area contributed by atoms with Gasteiger partial charge in [0.25, 0.3) is 0 Å². The van der Waals surface area contributed by atoms with E-state index in [0.29, 0.717) is 11.6 Å². The molecule has 0 amide bonds. The van der Waals surface area contributed by atoms with Gasteiger partial charge in [0.1, 0.15) is 0 Å². The largest absolute Gasteiger partial charge is 0.417 e. The Labute approximate surface area is 128 Å². The Morgan fingerprint density at radius 3 is 2.29 bits per heavy atom. The summed E-state index contributed by atoms with van der Waals surface area (Å²) < 4.78 is 38.5. The molecule has 0 aromatic heterocycles. The van der Waals surface area contributed by atoms with Crippen LogP contribution in [0.25, 0.3) is 0 Å². The van der Waals surface area contributed by atoms with Crippen LogP contribution in [0.5, 0.6) is 0 Å². The lowest BCUT2D eigenvalue weighted by atomic mass is 9.79. The minimum absolute atomic E-state index is 0.252. The van der Waals surface area contributed by atoms with Crippen molar-refractivity contribution in [2.75, 3.05) is 5.32 Å². The van der Waals surface area contributed by atoms with Crippen LogP contribution in [-0.4, -0.2) is 6.04 Å². The van der Waals surface area contributed by atoms with Crippen molar-refractivity contribution in [3.8, 4) is 0 Å². The molecule has 1 N–H and O–H groups in total. The average molecular weight is 320 g/mol. The molecule has 5 heteroatoms. The van der Waals surface area contributed by atoms with Crippen molar-refractivity contribution < 1.29 is 13.2 Å². The fraction of sp³-hybridized carbons (Fsp3) is 0.625. The molecule has 1 aliphatic carbocycles. The Balaban J connectivity index is 2.01. The number of benzene rings is 1. The molecule has 1 nitrogen and oxygen atoms in total. The molecule has 0 atom stereocenters. The zero-order valence-electron chi connectivity index (χ0n) is 12.3. The van der Waals surface area contributed by atoms with Crippen LogP contribution in [0.15, 0.2) is 18.2 Å². The predicted molar refractivity (Wildman–Crippen MR) is 80.7 cm³/mol. The van der Waals surface area contributed by atoms with Crippen molar-refractivity contribution in [3.63, 3.8) is 0 Å². The summed E-state index contributed by atoms with van der Waals surface area (Å²) in [5.41, 5.74) is -0.273. The van der Waals surface area contributed by atoms with E-state index in [0.717, 1.165) is 37.7 Å². The van der Waals surface area contributed by atoms with Gasteiger partial charge in [-0.15, -0.1) is 0 Å². The summed E-state index contributed by atoms with van der Waals surface area (Å²) in [6.45, 7) is 4.46. The van der Waals surface area contributed by atoms with E-state index in [2.05, 4.69) is 19.2 Å². The number of nitrogens with one attached hydrogen (secondary N) is 1. The number of halogens is 4. The van der Waals surface area contributed by atoms with Crippen LogP contribution in [0, 0.1) is 11.8 Å². The highest BCUT2D eigenvalue weighted by molar-refractivity contribution is 6.31. The second-order valence-electron chi connectivity index (χ2n) is 6.19. The molecule has 1 aromatic rings. The Kier molecular flexibility index (Phi) is 5.07. The Morgan fingerprint density at radius 2 is 1.76 bits per heavy atom. The maximum absolute atomic E-state index is 12.8. The van der Waals surface area contributed by atoms with Gasteiger partial charge in [0, 0.05) is 11.7 Å². The third-order valence-electron chi connectivity index (χ3n) is 4.36. The smallest absolute Gasteiger partial charge is 0.382 e.